The van der Waals surface area contributed by atoms with E-state index in [-0.39, 0.29) is 58.7 Å². The second kappa shape index (κ2) is 23.6. The summed E-state index contributed by atoms with van der Waals surface area (Å²) in [7, 11) is 6.55. The number of carbonyl (C=O) groups excluding carboxylic acids is 4. The number of nitrogens with zero attached hydrogens (tertiary/aromatic N) is 4. The number of carbonyl (C=O) groups is 4. The van der Waals surface area contributed by atoms with Gasteiger partial charge in [-0.25, -0.2) is 29.5 Å². The summed E-state index contributed by atoms with van der Waals surface area (Å²) in [6.45, 7) is 0. The molecule has 0 aliphatic carbocycles. The van der Waals surface area contributed by atoms with Crippen LogP contribution in [0, 0.1) is 0 Å². The van der Waals surface area contributed by atoms with E-state index in [9.17, 15) is 29.1 Å². The Labute approximate surface area is 255 Å². The minimum Gasteiger partial charge on any atom is -0.857 e. The predicted octanol–water partition coefficient (Wildman–Crippen LogP) is -5.03. The van der Waals surface area contributed by atoms with E-state index >= 15 is 0 Å². The molecule has 0 saturated carbocycles. The number of aromatic hydroxyl groups is 1. The number of aliphatic hydroxyl groups excluding tert-OH is 1. The Balaban J connectivity index is -0.000000512. The summed E-state index contributed by atoms with van der Waals surface area (Å²) in [6.07, 6.45) is 5.16. The molecule has 0 amide bonds. The van der Waals surface area contributed by atoms with Crippen molar-refractivity contribution in [3.05, 3.63) is 46.4 Å². The number of anilines is 1. The van der Waals surface area contributed by atoms with Crippen molar-refractivity contribution in [2.45, 2.75) is 6.42 Å². The van der Waals surface area contributed by atoms with E-state index in [2.05, 4.69) is 43.9 Å². The van der Waals surface area contributed by atoms with Crippen molar-refractivity contribution in [2.75, 3.05) is 48.4 Å². The smallest absolute Gasteiger partial charge is 0.857 e. The zero-order valence-corrected chi connectivity index (χ0v) is 25.4. The Bertz CT molecular complexity index is 1290. The molecule has 0 saturated heterocycles. The molecule has 0 unspecified atom stereocenters. The van der Waals surface area contributed by atoms with Crippen molar-refractivity contribution in [3.63, 3.8) is 0 Å². The molecular formula is C22H29N6NaO12. The second-order valence-electron chi connectivity index (χ2n) is 6.03. The van der Waals surface area contributed by atoms with Gasteiger partial charge in [-0.1, -0.05) is 0 Å². The van der Waals surface area contributed by atoms with Crippen molar-refractivity contribution in [3.8, 4) is 5.75 Å². The van der Waals surface area contributed by atoms with E-state index in [0.717, 1.165) is 21.3 Å². The van der Waals surface area contributed by atoms with E-state index in [1.165, 1.54) is 46.1 Å². The molecule has 0 fully saturated rings. The molecule has 0 atom stereocenters. The number of aliphatic hydroxyl groups is 1. The third kappa shape index (κ3) is 14.1. The van der Waals surface area contributed by atoms with Gasteiger partial charge in [-0.2, -0.15) is 7.11 Å². The number of aromatic amines is 1. The molecule has 220 valence electrons. The third-order valence-corrected chi connectivity index (χ3v) is 3.86. The summed E-state index contributed by atoms with van der Waals surface area (Å²) in [5.41, 5.74) is 4.28. The van der Waals surface area contributed by atoms with Crippen LogP contribution >= 0.6 is 0 Å². The molecule has 18 nitrogen and oxygen atoms in total. The van der Waals surface area contributed by atoms with Gasteiger partial charge in [0.15, 0.2) is 28.5 Å². The van der Waals surface area contributed by atoms with Gasteiger partial charge < -0.3 is 45.0 Å². The van der Waals surface area contributed by atoms with Crippen LogP contribution in [-0.4, -0.2) is 102 Å². The van der Waals surface area contributed by atoms with Crippen molar-refractivity contribution in [2.24, 2.45) is 0 Å². The SMILES string of the molecule is CO.COC(=O)CC(=O)OC.COC(=O)c1c(O)c2nccnc2[nH]c1=O.COC(=O)c1nccnc1N.C[O-].[Na+]. The molecule has 0 spiro atoms. The number of ether oxygens (including phenoxy) is 4. The first-order chi connectivity index (χ1) is 19.1. The standard InChI is InChI=1S/C9H7N3O4.C6H7N3O2.C5H8O4.CH4O.CH3O.Na/c1-16-9(15)4-6(13)5-7(12-8(4)14)11-3-2-10-5;1-11-6(10)4-5(7)9-3-2-8-4;1-8-4(6)3-5(7)9-2;2*1-2;/h2-3H,1H3,(H2,11,12,13,14);2-3H,1H3,(H2,7,9);3H2,1-2H3;2H,1H3;1H3;/q;;;;-1;+1. The summed E-state index contributed by atoms with van der Waals surface area (Å²) >= 11 is 0. The molecule has 3 aromatic heterocycles. The molecule has 0 aromatic carbocycles. The molecule has 0 bridgehead atoms. The van der Waals surface area contributed by atoms with Crippen molar-refractivity contribution >= 4 is 40.9 Å². The summed E-state index contributed by atoms with van der Waals surface area (Å²) in [5.74, 6) is -3.11. The van der Waals surface area contributed by atoms with Crippen molar-refractivity contribution < 1.29 is 83.0 Å². The summed E-state index contributed by atoms with van der Waals surface area (Å²) in [4.78, 5) is 71.3. The molecule has 41 heavy (non-hydrogen) atoms. The summed E-state index contributed by atoms with van der Waals surface area (Å²) < 4.78 is 17.1. The summed E-state index contributed by atoms with van der Waals surface area (Å²) in [5, 5.41) is 25.0. The van der Waals surface area contributed by atoms with Gasteiger partial charge in [-0.15, -0.1) is 0 Å². The maximum absolute atomic E-state index is 11.5. The van der Waals surface area contributed by atoms with Crippen LogP contribution in [0.15, 0.2) is 29.6 Å². The van der Waals surface area contributed by atoms with Gasteiger partial charge in [0.25, 0.3) is 5.56 Å². The Morgan fingerprint density at radius 2 is 1.29 bits per heavy atom. The molecule has 19 heteroatoms. The zero-order chi connectivity index (χ0) is 31.3. The second-order valence-corrected chi connectivity index (χ2v) is 6.03. The van der Waals surface area contributed by atoms with E-state index in [1.807, 2.05) is 0 Å². The van der Waals surface area contributed by atoms with Gasteiger partial charge in [0.05, 0.1) is 28.4 Å². The zero-order valence-electron chi connectivity index (χ0n) is 23.4. The fourth-order valence-corrected chi connectivity index (χ4v) is 2.16. The quantitative estimate of drug-likeness (QED) is 0.0954. The molecule has 0 aliphatic heterocycles. The number of pyridine rings is 1. The van der Waals surface area contributed by atoms with Crippen LogP contribution in [0.3, 0.4) is 0 Å². The van der Waals surface area contributed by atoms with Crippen LogP contribution < -0.4 is 46.0 Å². The predicted molar refractivity (Wildman–Crippen MR) is 134 cm³/mol. The number of H-pyrrole nitrogens is 1. The summed E-state index contributed by atoms with van der Waals surface area (Å²) in [6, 6.07) is 0. The number of fused-ring (bicyclic) bond motifs is 1. The van der Waals surface area contributed by atoms with Gasteiger partial charge in [0.2, 0.25) is 0 Å². The van der Waals surface area contributed by atoms with Crippen LogP contribution in [0.4, 0.5) is 5.82 Å². The topological polar surface area (TPSA) is 279 Å². The maximum Gasteiger partial charge on any atom is 1.00 e. The van der Waals surface area contributed by atoms with Crippen LogP contribution in [-0.2, 0) is 28.5 Å². The number of hydrogen-bond acceptors (Lipinski definition) is 17. The number of methoxy groups -OCH3 is 4. The van der Waals surface area contributed by atoms with E-state index in [0.29, 0.717) is 0 Å². The third-order valence-electron chi connectivity index (χ3n) is 3.86. The molecule has 3 heterocycles. The van der Waals surface area contributed by atoms with Crippen molar-refractivity contribution in [1.82, 2.24) is 24.9 Å². The monoisotopic (exact) mass is 592 g/mol. The number of aromatic nitrogens is 5. The molecule has 0 aliphatic rings. The largest absolute Gasteiger partial charge is 1.00 e. The minimum atomic E-state index is -0.925. The number of nitrogen functional groups attached to an aromatic ring is 1. The minimum absolute atomic E-state index is 0. The first-order valence-corrected chi connectivity index (χ1v) is 10.4. The van der Waals surface area contributed by atoms with Gasteiger partial charge in [-0.05, 0) is 0 Å². The Morgan fingerprint density at radius 1 is 0.829 bits per heavy atom. The fourth-order valence-electron chi connectivity index (χ4n) is 2.16. The maximum atomic E-state index is 11.5. The van der Waals surface area contributed by atoms with E-state index < -0.39 is 40.7 Å². The number of hydrogen-bond donors (Lipinski definition) is 4. The van der Waals surface area contributed by atoms with E-state index in [4.69, 9.17) is 15.9 Å². The Kier molecular flexibility index (Phi) is 23.8. The number of esters is 4. The van der Waals surface area contributed by atoms with Gasteiger partial charge in [0, 0.05) is 31.9 Å². The van der Waals surface area contributed by atoms with Gasteiger partial charge in [-0.3, -0.25) is 14.4 Å². The van der Waals surface area contributed by atoms with Crippen LogP contribution in [0.25, 0.3) is 11.2 Å². The number of nitrogens with two attached hydrogens (primary N) is 1. The average Bonchev–Trinajstić information content (AvgIpc) is 2.99. The normalized spacial score (nSPS) is 8.59. The Hall–Kier alpha value is -4.23. The van der Waals surface area contributed by atoms with Gasteiger partial charge >= 0.3 is 53.4 Å². The molecule has 0 radical (unpaired) electrons. The van der Waals surface area contributed by atoms with Crippen LogP contribution in [0.2, 0.25) is 0 Å². The van der Waals surface area contributed by atoms with E-state index in [1.54, 1.807) is 0 Å². The molecule has 3 aromatic rings. The van der Waals surface area contributed by atoms with Crippen molar-refractivity contribution in [1.29, 1.82) is 0 Å². The molecular weight excluding hydrogens is 563 g/mol. The number of rotatable bonds is 4. The average molecular weight is 592 g/mol. The molecule has 3 rings (SSSR count). The Morgan fingerprint density at radius 3 is 1.76 bits per heavy atom. The first kappa shape index (κ1) is 41.3. The first-order valence-electron chi connectivity index (χ1n) is 10.4. The molecule has 5 N–H and O–H groups in total. The van der Waals surface area contributed by atoms with Crippen LogP contribution in [0.5, 0.6) is 5.75 Å². The number of nitrogens with one attached hydrogen (secondary N) is 1. The van der Waals surface area contributed by atoms with Gasteiger partial charge in [0.1, 0.15) is 11.9 Å². The fraction of sp³-hybridized carbons (Fsp3) is 0.318. The van der Waals surface area contributed by atoms with Crippen LogP contribution in [0.1, 0.15) is 27.3 Å².